The van der Waals surface area contributed by atoms with Crippen LogP contribution in [0.25, 0.3) is 0 Å². The second kappa shape index (κ2) is 7.14. The molecule has 0 aliphatic heterocycles. The molecule has 17 heavy (non-hydrogen) atoms. The molecule has 1 aromatic carbocycles. The number of rotatable bonds is 7. The van der Waals surface area contributed by atoms with E-state index >= 15 is 0 Å². The van der Waals surface area contributed by atoms with Gasteiger partial charge in [0.05, 0.1) is 6.61 Å². The van der Waals surface area contributed by atoms with Gasteiger partial charge in [0.1, 0.15) is 5.75 Å². The lowest BCUT2D eigenvalue weighted by Crippen LogP contribution is -2.25. The first-order chi connectivity index (χ1) is 8.17. The fraction of sp³-hybridized carbons (Fsp3) is 0.538. The standard InChI is InChI=1S/C13H22N2O2/c1-10-8-11(5-6-13(10)16)15-12(9-17-2)4-3-7-14/h5-6,8,12,15-16H,3-4,7,9,14H2,1-2H3. The number of benzene rings is 1. The van der Waals surface area contributed by atoms with E-state index in [2.05, 4.69) is 5.32 Å². The van der Waals surface area contributed by atoms with E-state index in [0.29, 0.717) is 18.9 Å². The molecule has 4 heteroatoms. The number of aryl methyl sites for hydroxylation is 1. The molecule has 0 amide bonds. The number of methoxy groups -OCH3 is 1. The largest absolute Gasteiger partial charge is 0.508 e. The van der Waals surface area contributed by atoms with Crippen LogP contribution in [0.1, 0.15) is 18.4 Å². The Hall–Kier alpha value is -1.26. The van der Waals surface area contributed by atoms with Crippen LogP contribution < -0.4 is 11.1 Å². The molecule has 0 aliphatic rings. The van der Waals surface area contributed by atoms with E-state index < -0.39 is 0 Å². The van der Waals surface area contributed by atoms with Crippen LogP contribution in [0, 0.1) is 6.92 Å². The fourth-order valence-corrected chi connectivity index (χ4v) is 1.74. The van der Waals surface area contributed by atoms with Crippen LogP contribution in [0.5, 0.6) is 5.75 Å². The minimum atomic E-state index is 0.257. The predicted octanol–water partition coefficient (Wildman–Crippen LogP) is 1.87. The van der Waals surface area contributed by atoms with Gasteiger partial charge in [-0.3, -0.25) is 0 Å². The van der Waals surface area contributed by atoms with E-state index in [9.17, 15) is 5.11 Å². The molecule has 1 atom stereocenters. The van der Waals surface area contributed by atoms with E-state index in [1.54, 1.807) is 13.2 Å². The minimum absolute atomic E-state index is 0.257. The van der Waals surface area contributed by atoms with E-state index in [1.807, 2.05) is 19.1 Å². The number of nitrogens with one attached hydrogen (secondary N) is 1. The summed E-state index contributed by atoms with van der Waals surface area (Å²) >= 11 is 0. The Morgan fingerprint density at radius 3 is 2.82 bits per heavy atom. The summed E-state index contributed by atoms with van der Waals surface area (Å²) in [5.74, 6) is 0.320. The number of aromatic hydroxyl groups is 1. The summed E-state index contributed by atoms with van der Waals surface area (Å²) in [5, 5.41) is 12.8. The van der Waals surface area contributed by atoms with E-state index in [-0.39, 0.29) is 6.04 Å². The predicted molar refractivity (Wildman–Crippen MR) is 70.4 cm³/mol. The number of ether oxygens (including phenoxy) is 1. The van der Waals surface area contributed by atoms with Crippen molar-refractivity contribution >= 4 is 5.69 Å². The first-order valence-corrected chi connectivity index (χ1v) is 5.92. The monoisotopic (exact) mass is 238 g/mol. The molecule has 0 aliphatic carbocycles. The molecule has 0 spiro atoms. The van der Waals surface area contributed by atoms with Gasteiger partial charge >= 0.3 is 0 Å². The molecule has 0 bridgehead atoms. The number of phenols is 1. The molecule has 96 valence electrons. The maximum Gasteiger partial charge on any atom is 0.118 e. The molecule has 1 aromatic rings. The average molecular weight is 238 g/mol. The van der Waals surface area contributed by atoms with Crippen molar-refractivity contribution in [3.8, 4) is 5.75 Å². The van der Waals surface area contributed by atoms with Crippen LogP contribution in [-0.2, 0) is 4.74 Å². The molecule has 4 nitrogen and oxygen atoms in total. The molecule has 1 rings (SSSR count). The molecule has 0 saturated carbocycles. The van der Waals surface area contributed by atoms with Crippen molar-refractivity contribution < 1.29 is 9.84 Å². The first kappa shape index (κ1) is 13.8. The Bertz CT molecular complexity index is 342. The maximum absolute atomic E-state index is 9.45. The zero-order chi connectivity index (χ0) is 12.7. The summed E-state index contributed by atoms with van der Waals surface area (Å²) in [4.78, 5) is 0. The fourth-order valence-electron chi connectivity index (χ4n) is 1.74. The Labute approximate surface area is 103 Å². The van der Waals surface area contributed by atoms with Gasteiger partial charge in [-0.05, 0) is 50.1 Å². The van der Waals surface area contributed by atoms with Crippen LogP contribution in [0.2, 0.25) is 0 Å². The summed E-state index contributed by atoms with van der Waals surface area (Å²) in [6.07, 6.45) is 1.95. The molecular formula is C13H22N2O2. The van der Waals surface area contributed by atoms with Gasteiger partial charge < -0.3 is 20.9 Å². The van der Waals surface area contributed by atoms with Gasteiger partial charge in [-0.2, -0.15) is 0 Å². The SMILES string of the molecule is COCC(CCCN)Nc1ccc(O)c(C)c1. The van der Waals surface area contributed by atoms with E-state index in [1.165, 1.54) is 0 Å². The van der Waals surface area contributed by atoms with Gasteiger partial charge in [0.2, 0.25) is 0 Å². The third-order valence-corrected chi connectivity index (χ3v) is 2.69. The second-order valence-electron chi connectivity index (χ2n) is 4.23. The highest BCUT2D eigenvalue weighted by Crippen LogP contribution is 2.21. The van der Waals surface area contributed by atoms with Gasteiger partial charge in [0.25, 0.3) is 0 Å². The smallest absolute Gasteiger partial charge is 0.118 e. The Balaban J connectivity index is 2.61. The van der Waals surface area contributed by atoms with Gasteiger partial charge in [-0.25, -0.2) is 0 Å². The molecule has 0 saturated heterocycles. The molecule has 0 radical (unpaired) electrons. The van der Waals surface area contributed by atoms with Crippen molar-refractivity contribution in [3.05, 3.63) is 23.8 Å². The van der Waals surface area contributed by atoms with Crippen LogP contribution in [-0.4, -0.2) is 31.4 Å². The Kier molecular flexibility index (Phi) is 5.80. The van der Waals surface area contributed by atoms with Gasteiger partial charge in [0, 0.05) is 18.8 Å². The summed E-state index contributed by atoms with van der Waals surface area (Å²) in [6, 6.07) is 5.76. The van der Waals surface area contributed by atoms with E-state index in [0.717, 1.165) is 24.1 Å². The number of hydrogen-bond acceptors (Lipinski definition) is 4. The summed E-state index contributed by atoms with van der Waals surface area (Å²) < 4.78 is 5.17. The van der Waals surface area contributed by atoms with Gasteiger partial charge in [-0.15, -0.1) is 0 Å². The summed E-state index contributed by atoms with van der Waals surface area (Å²) in [6.45, 7) is 3.22. The lowest BCUT2D eigenvalue weighted by Gasteiger charge is -2.19. The highest BCUT2D eigenvalue weighted by molar-refractivity contribution is 5.50. The molecule has 0 aromatic heterocycles. The highest BCUT2D eigenvalue weighted by Gasteiger charge is 2.08. The normalized spacial score (nSPS) is 12.4. The summed E-state index contributed by atoms with van der Waals surface area (Å²) in [7, 11) is 1.69. The number of nitrogens with two attached hydrogens (primary N) is 1. The zero-order valence-corrected chi connectivity index (χ0v) is 10.6. The lowest BCUT2D eigenvalue weighted by atomic mass is 10.1. The number of hydrogen-bond donors (Lipinski definition) is 3. The van der Waals surface area contributed by atoms with Crippen LogP contribution in [0.3, 0.4) is 0 Å². The van der Waals surface area contributed by atoms with Crippen LogP contribution >= 0.6 is 0 Å². The molecule has 1 unspecified atom stereocenters. The molecular weight excluding hydrogens is 216 g/mol. The number of anilines is 1. The Morgan fingerprint density at radius 1 is 1.47 bits per heavy atom. The number of phenolic OH excluding ortho intramolecular Hbond substituents is 1. The van der Waals surface area contributed by atoms with Crippen molar-refractivity contribution in [2.24, 2.45) is 5.73 Å². The first-order valence-electron chi connectivity index (χ1n) is 5.92. The van der Waals surface area contributed by atoms with Gasteiger partial charge in [-0.1, -0.05) is 0 Å². The van der Waals surface area contributed by atoms with E-state index in [4.69, 9.17) is 10.5 Å². The Morgan fingerprint density at radius 2 is 2.24 bits per heavy atom. The topological polar surface area (TPSA) is 67.5 Å². The third-order valence-electron chi connectivity index (χ3n) is 2.69. The molecule has 0 heterocycles. The van der Waals surface area contributed by atoms with Crippen molar-refractivity contribution in [2.45, 2.75) is 25.8 Å². The third kappa shape index (κ3) is 4.63. The zero-order valence-electron chi connectivity index (χ0n) is 10.6. The average Bonchev–Trinajstić information content (AvgIpc) is 2.31. The van der Waals surface area contributed by atoms with Crippen molar-refractivity contribution in [3.63, 3.8) is 0 Å². The maximum atomic E-state index is 9.45. The highest BCUT2D eigenvalue weighted by atomic mass is 16.5. The van der Waals surface area contributed by atoms with Crippen molar-refractivity contribution in [1.29, 1.82) is 0 Å². The minimum Gasteiger partial charge on any atom is -0.508 e. The van der Waals surface area contributed by atoms with Crippen molar-refractivity contribution in [1.82, 2.24) is 0 Å². The van der Waals surface area contributed by atoms with Crippen LogP contribution in [0.15, 0.2) is 18.2 Å². The molecule has 4 N–H and O–H groups in total. The lowest BCUT2D eigenvalue weighted by molar-refractivity contribution is 0.182. The summed E-state index contributed by atoms with van der Waals surface area (Å²) in [5.41, 5.74) is 7.37. The van der Waals surface area contributed by atoms with Crippen molar-refractivity contribution in [2.75, 3.05) is 25.6 Å². The molecule has 0 fully saturated rings. The second-order valence-corrected chi connectivity index (χ2v) is 4.23. The quantitative estimate of drug-likeness (QED) is 0.634. The van der Waals surface area contributed by atoms with Crippen LogP contribution in [0.4, 0.5) is 5.69 Å². The van der Waals surface area contributed by atoms with Gasteiger partial charge in [0.15, 0.2) is 0 Å².